The van der Waals surface area contributed by atoms with E-state index in [0.717, 1.165) is 30.5 Å². The number of amides is 3. The molecule has 0 unspecified atom stereocenters. The predicted molar refractivity (Wildman–Crippen MR) is 142 cm³/mol. The zero-order valence-corrected chi connectivity index (χ0v) is 22.1. The number of primary amides is 1. The molecule has 2 fully saturated rings. The molecule has 36 heavy (non-hydrogen) atoms. The standard InChI is InChI=1S/C27H34Cl2N4O3/c1-36-18-24-17-32(14-15-33(24)25(34)16-19-10-12-31(13-11-19)27(30)35)26(20-2-6-22(28)7-3-20)21-4-8-23(29)9-5-21/h2-9,19,24,26H,10-18H2,1H3,(H2,30,35)/t24-/m1/s1. The van der Waals surface area contributed by atoms with Crippen molar-refractivity contribution in [2.75, 3.05) is 46.4 Å². The van der Waals surface area contributed by atoms with E-state index in [-0.39, 0.29) is 29.9 Å². The second-order valence-corrected chi connectivity index (χ2v) is 10.5. The fourth-order valence-corrected chi connectivity index (χ4v) is 5.66. The number of piperazine rings is 1. The van der Waals surface area contributed by atoms with Crippen molar-refractivity contribution < 1.29 is 14.3 Å². The van der Waals surface area contributed by atoms with Crippen LogP contribution in [0.4, 0.5) is 4.79 Å². The molecule has 0 aliphatic carbocycles. The van der Waals surface area contributed by atoms with Gasteiger partial charge in [-0.1, -0.05) is 47.5 Å². The second-order valence-electron chi connectivity index (χ2n) is 9.67. The van der Waals surface area contributed by atoms with Gasteiger partial charge in [-0.05, 0) is 54.2 Å². The third-order valence-corrected chi connectivity index (χ3v) is 7.82. The van der Waals surface area contributed by atoms with E-state index in [1.165, 1.54) is 0 Å². The van der Waals surface area contributed by atoms with Gasteiger partial charge < -0.3 is 20.3 Å². The number of benzene rings is 2. The summed E-state index contributed by atoms with van der Waals surface area (Å²) in [6.07, 6.45) is 2.10. The Hall–Kier alpha value is -2.32. The minimum atomic E-state index is -0.382. The first-order valence-electron chi connectivity index (χ1n) is 12.4. The van der Waals surface area contributed by atoms with Crippen LogP contribution >= 0.6 is 23.2 Å². The number of carbonyl (C=O) groups excluding carboxylic acids is 2. The topological polar surface area (TPSA) is 79.1 Å². The summed E-state index contributed by atoms with van der Waals surface area (Å²) in [5, 5.41) is 1.39. The van der Waals surface area contributed by atoms with Crippen LogP contribution in [0.5, 0.6) is 0 Å². The van der Waals surface area contributed by atoms with Gasteiger partial charge >= 0.3 is 6.03 Å². The summed E-state index contributed by atoms with van der Waals surface area (Å²) in [4.78, 5) is 30.8. The molecule has 3 amide bonds. The molecule has 2 heterocycles. The van der Waals surface area contributed by atoms with Crippen LogP contribution in [0.1, 0.15) is 36.4 Å². The van der Waals surface area contributed by atoms with E-state index in [1.807, 2.05) is 29.2 Å². The zero-order chi connectivity index (χ0) is 25.7. The summed E-state index contributed by atoms with van der Waals surface area (Å²) in [6.45, 7) is 3.76. The Morgan fingerprint density at radius 1 is 0.944 bits per heavy atom. The maximum atomic E-state index is 13.4. The number of hydrogen-bond donors (Lipinski definition) is 1. The van der Waals surface area contributed by atoms with Crippen LogP contribution < -0.4 is 5.73 Å². The number of urea groups is 1. The number of rotatable bonds is 7. The van der Waals surface area contributed by atoms with Crippen molar-refractivity contribution in [1.82, 2.24) is 14.7 Å². The average molecular weight is 534 g/mol. The number of methoxy groups -OCH3 is 1. The summed E-state index contributed by atoms with van der Waals surface area (Å²) in [7, 11) is 1.68. The lowest BCUT2D eigenvalue weighted by atomic mass is 9.92. The van der Waals surface area contributed by atoms with Crippen LogP contribution in [0.25, 0.3) is 0 Å². The number of likely N-dealkylation sites (tertiary alicyclic amines) is 1. The number of piperidine rings is 1. The molecule has 1 atom stereocenters. The fraction of sp³-hybridized carbons (Fsp3) is 0.481. The van der Waals surface area contributed by atoms with E-state index >= 15 is 0 Å². The van der Waals surface area contributed by atoms with E-state index in [0.29, 0.717) is 49.3 Å². The second kappa shape index (κ2) is 12.3. The van der Waals surface area contributed by atoms with Gasteiger partial charge in [-0.15, -0.1) is 0 Å². The van der Waals surface area contributed by atoms with Gasteiger partial charge in [0.25, 0.3) is 0 Å². The first kappa shape index (κ1) is 26.7. The lowest BCUT2D eigenvalue weighted by molar-refractivity contribution is -0.139. The largest absolute Gasteiger partial charge is 0.382 e. The van der Waals surface area contributed by atoms with Crippen LogP contribution in [0.15, 0.2) is 48.5 Å². The normalized spacial score (nSPS) is 19.6. The number of carbonyl (C=O) groups is 2. The molecule has 0 aromatic heterocycles. The molecule has 0 bridgehead atoms. The highest BCUT2D eigenvalue weighted by Crippen LogP contribution is 2.33. The summed E-state index contributed by atoms with van der Waals surface area (Å²) in [5.74, 6) is 0.425. The highest BCUT2D eigenvalue weighted by Gasteiger charge is 2.35. The molecule has 9 heteroatoms. The Balaban J connectivity index is 1.48. The highest BCUT2D eigenvalue weighted by molar-refractivity contribution is 6.30. The van der Waals surface area contributed by atoms with E-state index in [2.05, 4.69) is 29.2 Å². The van der Waals surface area contributed by atoms with Crippen LogP contribution in [-0.2, 0) is 9.53 Å². The molecule has 2 N–H and O–H groups in total. The number of nitrogens with two attached hydrogens (primary N) is 1. The Labute approximate surface area is 223 Å². The van der Waals surface area contributed by atoms with Gasteiger partial charge in [0.1, 0.15) is 0 Å². The van der Waals surface area contributed by atoms with Crippen molar-refractivity contribution in [3.05, 3.63) is 69.7 Å². The van der Waals surface area contributed by atoms with Gasteiger partial charge in [-0.25, -0.2) is 4.79 Å². The Bertz CT molecular complexity index is 981. The van der Waals surface area contributed by atoms with E-state index in [1.54, 1.807) is 12.0 Å². The van der Waals surface area contributed by atoms with E-state index < -0.39 is 0 Å². The summed E-state index contributed by atoms with van der Waals surface area (Å²) in [6, 6.07) is 15.5. The van der Waals surface area contributed by atoms with Gasteiger partial charge in [0.05, 0.1) is 18.7 Å². The predicted octanol–water partition coefficient (Wildman–Crippen LogP) is 4.42. The van der Waals surface area contributed by atoms with Crippen LogP contribution in [0.3, 0.4) is 0 Å². The van der Waals surface area contributed by atoms with Crippen molar-refractivity contribution in [3.8, 4) is 0 Å². The molecule has 2 aromatic carbocycles. The number of ether oxygens (including phenoxy) is 1. The van der Waals surface area contributed by atoms with Gasteiger partial charge in [0, 0.05) is 56.3 Å². The number of halogens is 2. The molecule has 2 aliphatic heterocycles. The van der Waals surface area contributed by atoms with E-state index in [4.69, 9.17) is 33.7 Å². The molecule has 7 nitrogen and oxygen atoms in total. The van der Waals surface area contributed by atoms with Crippen molar-refractivity contribution in [2.45, 2.75) is 31.3 Å². The SMILES string of the molecule is COC[C@H]1CN(C(c2ccc(Cl)cc2)c2ccc(Cl)cc2)CCN1C(=O)CC1CCN(C(N)=O)CC1. The molecule has 4 rings (SSSR count). The summed E-state index contributed by atoms with van der Waals surface area (Å²) >= 11 is 12.3. The zero-order valence-electron chi connectivity index (χ0n) is 20.6. The van der Waals surface area contributed by atoms with Gasteiger partial charge in [0.15, 0.2) is 0 Å². The Morgan fingerprint density at radius 2 is 1.50 bits per heavy atom. The number of nitrogens with zero attached hydrogens (tertiary/aromatic N) is 3. The molecule has 0 spiro atoms. The molecule has 0 saturated carbocycles. The van der Waals surface area contributed by atoms with Crippen LogP contribution in [0.2, 0.25) is 10.0 Å². The lowest BCUT2D eigenvalue weighted by Gasteiger charge is -2.45. The molecule has 0 radical (unpaired) electrons. The van der Waals surface area contributed by atoms with Crippen molar-refractivity contribution in [3.63, 3.8) is 0 Å². The first-order chi connectivity index (χ1) is 17.4. The van der Waals surface area contributed by atoms with Crippen molar-refractivity contribution in [1.29, 1.82) is 0 Å². The molecule has 2 aromatic rings. The molecular formula is C27H34Cl2N4O3. The minimum Gasteiger partial charge on any atom is -0.382 e. The summed E-state index contributed by atoms with van der Waals surface area (Å²) in [5.41, 5.74) is 7.67. The third kappa shape index (κ3) is 6.51. The minimum absolute atomic E-state index is 0.00858. The van der Waals surface area contributed by atoms with Crippen molar-refractivity contribution in [2.24, 2.45) is 11.7 Å². The van der Waals surface area contributed by atoms with Gasteiger partial charge in [0.2, 0.25) is 5.91 Å². The summed E-state index contributed by atoms with van der Waals surface area (Å²) < 4.78 is 5.55. The first-order valence-corrected chi connectivity index (χ1v) is 13.2. The van der Waals surface area contributed by atoms with Gasteiger partial charge in [-0.2, -0.15) is 0 Å². The Morgan fingerprint density at radius 3 is 2.00 bits per heavy atom. The van der Waals surface area contributed by atoms with Crippen LogP contribution in [-0.4, -0.2) is 79.1 Å². The molecular weight excluding hydrogens is 499 g/mol. The molecule has 2 saturated heterocycles. The molecule has 194 valence electrons. The number of hydrogen-bond acceptors (Lipinski definition) is 4. The fourth-order valence-electron chi connectivity index (χ4n) is 5.40. The Kier molecular flexibility index (Phi) is 9.12. The molecule has 2 aliphatic rings. The maximum Gasteiger partial charge on any atom is 0.314 e. The third-order valence-electron chi connectivity index (χ3n) is 7.32. The van der Waals surface area contributed by atoms with Gasteiger partial charge in [-0.3, -0.25) is 9.69 Å². The van der Waals surface area contributed by atoms with Crippen LogP contribution in [0, 0.1) is 5.92 Å². The smallest absolute Gasteiger partial charge is 0.314 e. The maximum absolute atomic E-state index is 13.4. The lowest BCUT2D eigenvalue weighted by Crippen LogP contribution is -2.57. The highest BCUT2D eigenvalue weighted by atomic mass is 35.5. The average Bonchev–Trinajstić information content (AvgIpc) is 2.87. The monoisotopic (exact) mass is 532 g/mol. The van der Waals surface area contributed by atoms with E-state index in [9.17, 15) is 9.59 Å². The quantitative estimate of drug-likeness (QED) is 0.572. The van der Waals surface area contributed by atoms with Crippen molar-refractivity contribution >= 4 is 35.1 Å².